The molecular formula is C12H12N4O3S. The van der Waals surface area contributed by atoms with Gasteiger partial charge in [-0.25, -0.2) is 9.97 Å². The zero-order valence-corrected chi connectivity index (χ0v) is 11.2. The number of carboxylic acid groups (broad SMARTS) is 1. The highest BCUT2D eigenvalue weighted by atomic mass is 32.2. The molecule has 0 spiro atoms. The lowest BCUT2D eigenvalue weighted by atomic mass is 10.4. The van der Waals surface area contributed by atoms with Crippen molar-refractivity contribution in [2.45, 2.75) is 0 Å². The first-order valence-corrected chi connectivity index (χ1v) is 6.84. The molecule has 8 heteroatoms. The lowest BCUT2D eigenvalue weighted by Gasteiger charge is -2.05. The molecule has 0 unspecified atom stereocenters. The number of nitrogens with one attached hydrogen (secondary N) is 1. The van der Waals surface area contributed by atoms with E-state index in [4.69, 9.17) is 5.11 Å². The molecule has 0 radical (unpaired) electrons. The van der Waals surface area contributed by atoms with E-state index in [1.807, 2.05) is 0 Å². The molecule has 0 aliphatic carbocycles. The maximum absolute atomic E-state index is 11.5. The third-order valence-corrected chi connectivity index (χ3v) is 3.18. The molecular weight excluding hydrogens is 280 g/mol. The number of carbonyl (C=O) groups is 2. The van der Waals surface area contributed by atoms with Gasteiger partial charge in [-0.1, -0.05) is 0 Å². The quantitative estimate of drug-likeness (QED) is 0.825. The van der Waals surface area contributed by atoms with Crippen molar-refractivity contribution in [3.63, 3.8) is 0 Å². The number of rotatable bonds is 6. The number of aromatic nitrogens is 3. The van der Waals surface area contributed by atoms with Crippen LogP contribution in [-0.2, 0) is 9.59 Å². The van der Waals surface area contributed by atoms with Crippen molar-refractivity contribution < 1.29 is 14.7 Å². The molecule has 0 aliphatic heterocycles. The van der Waals surface area contributed by atoms with Gasteiger partial charge in [-0.2, -0.15) is 0 Å². The lowest BCUT2D eigenvalue weighted by molar-refractivity contribution is -0.133. The number of carboxylic acids is 1. The van der Waals surface area contributed by atoms with E-state index >= 15 is 0 Å². The van der Waals surface area contributed by atoms with Crippen molar-refractivity contribution in [2.75, 3.05) is 16.8 Å². The van der Waals surface area contributed by atoms with Crippen molar-refractivity contribution in [3.8, 4) is 5.82 Å². The highest BCUT2D eigenvalue weighted by molar-refractivity contribution is 8.00. The first kappa shape index (κ1) is 14.1. The number of hydrogen-bond acceptors (Lipinski definition) is 5. The van der Waals surface area contributed by atoms with E-state index in [1.54, 1.807) is 35.4 Å². The third kappa shape index (κ3) is 4.09. The summed E-state index contributed by atoms with van der Waals surface area (Å²) in [5.41, 5.74) is 0.565. The highest BCUT2D eigenvalue weighted by Gasteiger charge is 2.05. The van der Waals surface area contributed by atoms with Crippen LogP contribution in [-0.4, -0.2) is 43.0 Å². The number of thioether (sulfide) groups is 1. The lowest BCUT2D eigenvalue weighted by Crippen LogP contribution is -2.15. The van der Waals surface area contributed by atoms with Crippen LogP contribution in [0.4, 0.5) is 5.69 Å². The Morgan fingerprint density at radius 1 is 1.35 bits per heavy atom. The minimum absolute atomic E-state index is 0.0920. The molecule has 2 aromatic heterocycles. The number of amides is 1. The van der Waals surface area contributed by atoms with Crippen LogP contribution in [0.3, 0.4) is 0 Å². The standard InChI is InChI=1S/C12H12N4O3S/c17-11(6-20-7-12(18)19)15-9-1-2-10(14-5-9)16-4-3-13-8-16/h1-5,8H,6-7H2,(H,15,17)(H,18,19). The molecule has 0 saturated heterocycles. The molecule has 1 amide bonds. The second-order valence-electron chi connectivity index (χ2n) is 3.81. The van der Waals surface area contributed by atoms with Crippen LogP contribution in [0, 0.1) is 0 Å². The number of nitrogens with zero attached hydrogens (tertiary/aromatic N) is 3. The van der Waals surface area contributed by atoms with E-state index in [-0.39, 0.29) is 17.4 Å². The normalized spacial score (nSPS) is 10.2. The molecule has 2 rings (SSSR count). The average Bonchev–Trinajstić information content (AvgIpc) is 2.93. The summed E-state index contributed by atoms with van der Waals surface area (Å²) in [6.07, 6.45) is 6.58. The Morgan fingerprint density at radius 3 is 2.80 bits per heavy atom. The van der Waals surface area contributed by atoms with Crippen LogP contribution in [0.1, 0.15) is 0 Å². The fraction of sp³-hybridized carbons (Fsp3) is 0.167. The summed E-state index contributed by atoms with van der Waals surface area (Å²) in [6.45, 7) is 0. The minimum Gasteiger partial charge on any atom is -0.481 e. The van der Waals surface area contributed by atoms with E-state index in [0.717, 1.165) is 11.8 Å². The highest BCUT2D eigenvalue weighted by Crippen LogP contribution is 2.10. The van der Waals surface area contributed by atoms with Gasteiger partial charge in [-0.05, 0) is 12.1 Å². The van der Waals surface area contributed by atoms with Crippen LogP contribution >= 0.6 is 11.8 Å². The summed E-state index contributed by atoms with van der Waals surface area (Å²) in [4.78, 5) is 30.0. The van der Waals surface area contributed by atoms with Gasteiger partial charge >= 0.3 is 5.97 Å². The largest absolute Gasteiger partial charge is 0.481 e. The Balaban J connectivity index is 1.87. The molecule has 0 fully saturated rings. The second-order valence-corrected chi connectivity index (χ2v) is 4.80. The van der Waals surface area contributed by atoms with Crippen LogP contribution in [0.25, 0.3) is 5.82 Å². The SMILES string of the molecule is O=C(O)CSCC(=O)Nc1ccc(-n2ccnc2)nc1. The molecule has 2 heterocycles. The predicted octanol–water partition coefficient (Wildman–Crippen LogP) is 1.02. The summed E-state index contributed by atoms with van der Waals surface area (Å²) in [7, 11) is 0. The molecule has 0 aliphatic rings. The van der Waals surface area contributed by atoms with E-state index in [9.17, 15) is 9.59 Å². The van der Waals surface area contributed by atoms with Crippen LogP contribution in [0.2, 0.25) is 0 Å². The van der Waals surface area contributed by atoms with Crippen LogP contribution in [0.5, 0.6) is 0 Å². The molecule has 2 N–H and O–H groups in total. The maximum atomic E-state index is 11.5. The third-order valence-electron chi connectivity index (χ3n) is 2.26. The number of hydrogen-bond donors (Lipinski definition) is 2. The average molecular weight is 292 g/mol. The summed E-state index contributed by atoms with van der Waals surface area (Å²) in [5, 5.41) is 11.1. The van der Waals surface area contributed by atoms with Gasteiger partial charge in [0.25, 0.3) is 0 Å². The van der Waals surface area contributed by atoms with Gasteiger partial charge in [0.15, 0.2) is 0 Å². The Bertz CT molecular complexity index is 583. The van der Waals surface area contributed by atoms with Gasteiger partial charge in [0, 0.05) is 12.4 Å². The van der Waals surface area contributed by atoms with Gasteiger partial charge in [0.05, 0.1) is 23.4 Å². The second kappa shape index (κ2) is 6.71. The number of anilines is 1. The number of aliphatic carboxylic acids is 1. The van der Waals surface area contributed by atoms with E-state index in [2.05, 4.69) is 15.3 Å². The summed E-state index contributed by atoms with van der Waals surface area (Å²) in [6, 6.07) is 3.48. The number of carbonyl (C=O) groups excluding carboxylic acids is 1. The van der Waals surface area contributed by atoms with Crippen molar-refractivity contribution in [1.29, 1.82) is 0 Å². The summed E-state index contributed by atoms with van der Waals surface area (Å²) >= 11 is 1.05. The molecule has 0 bridgehead atoms. The first-order valence-electron chi connectivity index (χ1n) is 5.69. The zero-order chi connectivity index (χ0) is 14.4. The van der Waals surface area contributed by atoms with Crippen molar-refractivity contribution in [2.24, 2.45) is 0 Å². The Labute approximate surface area is 119 Å². The fourth-order valence-corrected chi connectivity index (χ4v) is 1.97. The Morgan fingerprint density at radius 2 is 2.20 bits per heavy atom. The van der Waals surface area contributed by atoms with E-state index < -0.39 is 5.97 Å². The Hall–Kier alpha value is -2.35. The summed E-state index contributed by atoms with van der Waals surface area (Å²) < 4.78 is 1.74. The summed E-state index contributed by atoms with van der Waals surface area (Å²) in [5.74, 6) is -0.496. The van der Waals surface area contributed by atoms with Crippen LogP contribution < -0.4 is 5.32 Å². The topological polar surface area (TPSA) is 97.1 Å². The Kier molecular flexibility index (Phi) is 4.72. The maximum Gasteiger partial charge on any atom is 0.313 e. The first-order chi connectivity index (χ1) is 9.65. The molecule has 20 heavy (non-hydrogen) atoms. The van der Waals surface area contributed by atoms with Gasteiger partial charge in [-0.3, -0.25) is 14.2 Å². The molecule has 2 aromatic rings. The predicted molar refractivity (Wildman–Crippen MR) is 74.9 cm³/mol. The van der Waals surface area contributed by atoms with E-state index in [0.29, 0.717) is 11.5 Å². The van der Waals surface area contributed by atoms with Gasteiger partial charge in [-0.15, -0.1) is 11.8 Å². The smallest absolute Gasteiger partial charge is 0.313 e. The molecule has 0 atom stereocenters. The molecule has 104 valence electrons. The molecule has 7 nitrogen and oxygen atoms in total. The van der Waals surface area contributed by atoms with E-state index in [1.165, 1.54) is 6.20 Å². The van der Waals surface area contributed by atoms with Gasteiger partial charge in [0.1, 0.15) is 12.1 Å². The van der Waals surface area contributed by atoms with Gasteiger partial charge in [0.2, 0.25) is 5.91 Å². The number of imidazole rings is 1. The minimum atomic E-state index is -0.936. The van der Waals surface area contributed by atoms with Gasteiger partial charge < -0.3 is 10.4 Å². The molecule has 0 saturated carbocycles. The fourth-order valence-electron chi connectivity index (χ4n) is 1.44. The van der Waals surface area contributed by atoms with Crippen molar-refractivity contribution in [1.82, 2.24) is 14.5 Å². The molecule has 0 aromatic carbocycles. The zero-order valence-electron chi connectivity index (χ0n) is 10.4. The van der Waals surface area contributed by atoms with Crippen molar-refractivity contribution in [3.05, 3.63) is 37.1 Å². The monoisotopic (exact) mass is 292 g/mol. The van der Waals surface area contributed by atoms with Crippen molar-refractivity contribution >= 4 is 29.3 Å². The van der Waals surface area contributed by atoms with Crippen LogP contribution in [0.15, 0.2) is 37.1 Å². The number of pyridine rings is 1.